The molecule has 110 valence electrons. The van der Waals surface area contributed by atoms with E-state index < -0.39 is 0 Å². The molecule has 0 spiro atoms. The SMILES string of the molecule is Cc1nc(-c2ccccc2)sc1NC(=O)N1CCSCC1. The molecule has 6 heteroatoms. The van der Waals surface area contributed by atoms with Crippen molar-refractivity contribution >= 4 is 34.1 Å². The van der Waals surface area contributed by atoms with E-state index in [0.29, 0.717) is 0 Å². The van der Waals surface area contributed by atoms with E-state index in [1.165, 1.54) is 11.3 Å². The molecule has 2 heterocycles. The molecule has 2 amide bonds. The number of benzene rings is 1. The van der Waals surface area contributed by atoms with Gasteiger partial charge in [0, 0.05) is 30.2 Å². The minimum Gasteiger partial charge on any atom is -0.323 e. The number of rotatable bonds is 2. The average molecular weight is 319 g/mol. The Labute approximate surface area is 132 Å². The van der Waals surface area contributed by atoms with E-state index in [2.05, 4.69) is 10.3 Å². The van der Waals surface area contributed by atoms with Gasteiger partial charge in [0.15, 0.2) is 0 Å². The number of urea groups is 1. The Hall–Kier alpha value is -1.53. The molecule has 0 radical (unpaired) electrons. The molecule has 1 aromatic heterocycles. The fourth-order valence-electron chi connectivity index (χ4n) is 2.16. The zero-order valence-electron chi connectivity index (χ0n) is 11.8. The van der Waals surface area contributed by atoms with Crippen LogP contribution in [0.5, 0.6) is 0 Å². The topological polar surface area (TPSA) is 45.2 Å². The van der Waals surface area contributed by atoms with Gasteiger partial charge in [-0.3, -0.25) is 5.32 Å². The largest absolute Gasteiger partial charge is 0.323 e. The van der Waals surface area contributed by atoms with Gasteiger partial charge in [0.25, 0.3) is 0 Å². The number of hydrogen-bond acceptors (Lipinski definition) is 4. The molecule has 4 nitrogen and oxygen atoms in total. The number of hydrogen-bond donors (Lipinski definition) is 1. The number of nitrogens with one attached hydrogen (secondary N) is 1. The van der Waals surface area contributed by atoms with Gasteiger partial charge < -0.3 is 4.90 Å². The maximum absolute atomic E-state index is 12.2. The van der Waals surface area contributed by atoms with E-state index in [9.17, 15) is 4.79 Å². The van der Waals surface area contributed by atoms with Crippen molar-refractivity contribution in [3.8, 4) is 10.6 Å². The lowest BCUT2D eigenvalue weighted by Gasteiger charge is -2.26. The number of carbonyl (C=O) groups is 1. The minimum absolute atomic E-state index is 0.0124. The van der Waals surface area contributed by atoms with Crippen LogP contribution in [0, 0.1) is 6.92 Å². The second-order valence-corrected chi connectivity index (χ2v) is 7.05. The van der Waals surface area contributed by atoms with Crippen LogP contribution in [-0.2, 0) is 0 Å². The number of thioether (sulfide) groups is 1. The number of aryl methyl sites for hydroxylation is 1. The summed E-state index contributed by atoms with van der Waals surface area (Å²) in [5.74, 6) is 2.04. The summed E-state index contributed by atoms with van der Waals surface area (Å²) in [4.78, 5) is 18.7. The number of thiazole rings is 1. The van der Waals surface area contributed by atoms with Gasteiger partial charge in [-0.15, -0.1) is 0 Å². The van der Waals surface area contributed by atoms with Gasteiger partial charge in [0.1, 0.15) is 10.0 Å². The first kappa shape index (κ1) is 14.4. The van der Waals surface area contributed by atoms with Crippen molar-refractivity contribution in [2.24, 2.45) is 0 Å². The molecular formula is C15H17N3OS2. The zero-order valence-corrected chi connectivity index (χ0v) is 13.5. The number of aromatic nitrogens is 1. The van der Waals surface area contributed by atoms with E-state index in [1.807, 2.05) is 53.9 Å². The van der Waals surface area contributed by atoms with Crippen LogP contribution in [0.1, 0.15) is 5.69 Å². The number of carbonyl (C=O) groups excluding carboxylic acids is 1. The normalized spacial score (nSPS) is 15.0. The fourth-order valence-corrected chi connectivity index (χ4v) is 4.02. The summed E-state index contributed by atoms with van der Waals surface area (Å²) in [6.07, 6.45) is 0. The summed E-state index contributed by atoms with van der Waals surface area (Å²) in [6.45, 7) is 3.57. The maximum atomic E-state index is 12.2. The second kappa shape index (κ2) is 6.49. The van der Waals surface area contributed by atoms with Crippen molar-refractivity contribution in [2.45, 2.75) is 6.92 Å². The van der Waals surface area contributed by atoms with E-state index in [4.69, 9.17) is 0 Å². The summed E-state index contributed by atoms with van der Waals surface area (Å²) in [6, 6.07) is 10.0. The van der Waals surface area contributed by atoms with Crippen LogP contribution >= 0.6 is 23.1 Å². The van der Waals surface area contributed by atoms with Gasteiger partial charge >= 0.3 is 6.03 Å². The molecule has 0 aliphatic carbocycles. The third-order valence-electron chi connectivity index (χ3n) is 3.34. The molecular weight excluding hydrogens is 302 g/mol. The Bertz CT molecular complexity index is 621. The smallest absolute Gasteiger partial charge is 0.322 e. The highest BCUT2D eigenvalue weighted by Crippen LogP contribution is 2.31. The Morgan fingerprint density at radius 3 is 2.67 bits per heavy atom. The summed E-state index contributed by atoms with van der Waals surface area (Å²) in [7, 11) is 0. The molecule has 21 heavy (non-hydrogen) atoms. The third-order valence-corrected chi connectivity index (χ3v) is 5.40. The summed E-state index contributed by atoms with van der Waals surface area (Å²) in [5, 5.41) is 4.79. The lowest BCUT2D eigenvalue weighted by atomic mass is 10.2. The molecule has 1 aliphatic rings. The molecule has 1 aromatic carbocycles. The van der Waals surface area contributed by atoms with Crippen LogP contribution in [-0.4, -0.2) is 40.5 Å². The highest BCUT2D eigenvalue weighted by molar-refractivity contribution is 7.99. The van der Waals surface area contributed by atoms with E-state index in [1.54, 1.807) is 0 Å². The van der Waals surface area contributed by atoms with Crippen LogP contribution < -0.4 is 5.32 Å². The first-order valence-corrected chi connectivity index (χ1v) is 8.87. The van der Waals surface area contributed by atoms with Crippen LogP contribution in [0.3, 0.4) is 0 Å². The first-order valence-electron chi connectivity index (χ1n) is 6.90. The van der Waals surface area contributed by atoms with E-state index in [0.717, 1.165) is 45.9 Å². The Morgan fingerprint density at radius 2 is 1.95 bits per heavy atom. The molecule has 1 saturated heterocycles. The Morgan fingerprint density at radius 1 is 1.24 bits per heavy atom. The highest BCUT2D eigenvalue weighted by Gasteiger charge is 2.19. The van der Waals surface area contributed by atoms with Gasteiger partial charge in [0.05, 0.1) is 5.69 Å². The molecule has 2 aromatic rings. The summed E-state index contributed by atoms with van der Waals surface area (Å²) in [5.41, 5.74) is 1.96. The van der Waals surface area contributed by atoms with E-state index >= 15 is 0 Å². The standard InChI is InChI=1S/C15H17N3OS2/c1-11-13(17-15(19)18-7-9-20-10-8-18)21-14(16-11)12-5-3-2-4-6-12/h2-6H,7-10H2,1H3,(H,17,19). The lowest BCUT2D eigenvalue weighted by molar-refractivity contribution is 0.217. The van der Waals surface area contributed by atoms with Gasteiger partial charge in [-0.05, 0) is 6.92 Å². The van der Waals surface area contributed by atoms with Crippen molar-refractivity contribution < 1.29 is 4.79 Å². The maximum Gasteiger partial charge on any atom is 0.322 e. The molecule has 1 fully saturated rings. The first-order chi connectivity index (χ1) is 10.2. The number of anilines is 1. The number of nitrogens with zero attached hydrogens (tertiary/aromatic N) is 2. The molecule has 1 aliphatic heterocycles. The monoisotopic (exact) mass is 319 g/mol. The summed E-state index contributed by atoms with van der Waals surface area (Å²) < 4.78 is 0. The zero-order chi connectivity index (χ0) is 14.7. The predicted molar refractivity (Wildman–Crippen MR) is 90.2 cm³/mol. The molecule has 1 N–H and O–H groups in total. The van der Waals surface area contributed by atoms with E-state index in [-0.39, 0.29) is 6.03 Å². The predicted octanol–water partition coefficient (Wildman–Crippen LogP) is 3.70. The van der Waals surface area contributed by atoms with Crippen LogP contribution in [0.2, 0.25) is 0 Å². The van der Waals surface area contributed by atoms with Gasteiger partial charge in [0.2, 0.25) is 0 Å². The molecule has 0 unspecified atom stereocenters. The molecule has 0 saturated carbocycles. The van der Waals surface area contributed by atoms with Crippen LogP contribution in [0.4, 0.5) is 9.80 Å². The highest BCUT2D eigenvalue weighted by atomic mass is 32.2. The fraction of sp³-hybridized carbons (Fsp3) is 0.333. The van der Waals surface area contributed by atoms with Crippen molar-refractivity contribution in [2.75, 3.05) is 29.9 Å². The third kappa shape index (κ3) is 3.39. The molecule has 0 bridgehead atoms. The van der Waals surface area contributed by atoms with Crippen LogP contribution in [0.15, 0.2) is 30.3 Å². The van der Waals surface area contributed by atoms with Crippen molar-refractivity contribution in [3.05, 3.63) is 36.0 Å². The molecule has 0 atom stereocenters. The minimum atomic E-state index is -0.0124. The quantitative estimate of drug-likeness (QED) is 0.918. The Balaban J connectivity index is 1.74. The number of amides is 2. The van der Waals surface area contributed by atoms with Gasteiger partial charge in [-0.1, -0.05) is 41.7 Å². The second-order valence-electron chi connectivity index (χ2n) is 4.83. The Kier molecular flexibility index (Phi) is 4.45. The van der Waals surface area contributed by atoms with Gasteiger partial charge in [-0.25, -0.2) is 9.78 Å². The lowest BCUT2D eigenvalue weighted by Crippen LogP contribution is -2.40. The van der Waals surface area contributed by atoms with Gasteiger partial charge in [-0.2, -0.15) is 11.8 Å². The van der Waals surface area contributed by atoms with Crippen molar-refractivity contribution in [1.29, 1.82) is 0 Å². The van der Waals surface area contributed by atoms with Crippen molar-refractivity contribution in [3.63, 3.8) is 0 Å². The average Bonchev–Trinajstić information content (AvgIpc) is 2.90. The van der Waals surface area contributed by atoms with Crippen LogP contribution in [0.25, 0.3) is 10.6 Å². The molecule has 3 rings (SSSR count). The van der Waals surface area contributed by atoms with Crippen molar-refractivity contribution in [1.82, 2.24) is 9.88 Å². The summed E-state index contributed by atoms with van der Waals surface area (Å²) >= 11 is 3.43.